The fourth-order valence-corrected chi connectivity index (χ4v) is 1.14. The molecule has 1 atom stereocenters. The van der Waals surface area contributed by atoms with Crippen LogP contribution in [0.25, 0.3) is 0 Å². The summed E-state index contributed by atoms with van der Waals surface area (Å²) in [5, 5.41) is 0. The SMILES string of the molecule is CC(C)CCOC(OCC(C)C)C(C)C. The molecular weight excluding hydrogens is 188 g/mol. The molecule has 0 saturated carbocycles. The molecule has 0 radical (unpaired) electrons. The van der Waals surface area contributed by atoms with Gasteiger partial charge in [0.25, 0.3) is 0 Å². The number of hydrogen-bond acceptors (Lipinski definition) is 2. The van der Waals surface area contributed by atoms with Crippen LogP contribution in [0.5, 0.6) is 0 Å². The van der Waals surface area contributed by atoms with Gasteiger partial charge in [0.2, 0.25) is 0 Å². The second-order valence-corrected chi connectivity index (χ2v) is 5.39. The summed E-state index contributed by atoms with van der Waals surface area (Å²) >= 11 is 0. The molecule has 0 saturated heterocycles. The zero-order valence-electron chi connectivity index (χ0n) is 11.2. The average molecular weight is 216 g/mol. The number of ether oxygens (including phenoxy) is 2. The Morgan fingerprint density at radius 1 is 0.800 bits per heavy atom. The third-order valence-electron chi connectivity index (χ3n) is 2.12. The van der Waals surface area contributed by atoms with E-state index in [2.05, 4.69) is 41.5 Å². The van der Waals surface area contributed by atoms with Crippen molar-refractivity contribution in [3.8, 4) is 0 Å². The van der Waals surface area contributed by atoms with E-state index in [4.69, 9.17) is 9.47 Å². The van der Waals surface area contributed by atoms with Crippen LogP contribution in [-0.2, 0) is 9.47 Å². The smallest absolute Gasteiger partial charge is 0.159 e. The molecule has 0 aliphatic heterocycles. The predicted octanol–water partition coefficient (Wildman–Crippen LogP) is 3.70. The van der Waals surface area contributed by atoms with Crippen LogP contribution in [0.15, 0.2) is 0 Å². The molecule has 0 fully saturated rings. The molecule has 0 aromatic heterocycles. The van der Waals surface area contributed by atoms with Gasteiger partial charge in [0.15, 0.2) is 6.29 Å². The maximum absolute atomic E-state index is 5.74. The lowest BCUT2D eigenvalue weighted by Crippen LogP contribution is -2.26. The van der Waals surface area contributed by atoms with E-state index in [-0.39, 0.29) is 6.29 Å². The molecule has 92 valence electrons. The molecule has 0 heterocycles. The standard InChI is InChI=1S/C13H28O2/c1-10(2)7-8-14-13(12(5)6)15-9-11(3)4/h10-13H,7-9H2,1-6H3. The van der Waals surface area contributed by atoms with E-state index in [1.54, 1.807) is 0 Å². The molecule has 0 aromatic rings. The molecule has 0 aliphatic rings. The summed E-state index contributed by atoms with van der Waals surface area (Å²) < 4.78 is 11.5. The Bertz CT molecular complexity index is 141. The minimum atomic E-state index is -0.0360. The Kier molecular flexibility index (Phi) is 8.07. The summed E-state index contributed by atoms with van der Waals surface area (Å²) in [6, 6.07) is 0. The van der Waals surface area contributed by atoms with Crippen molar-refractivity contribution in [1.82, 2.24) is 0 Å². The molecular formula is C13H28O2. The van der Waals surface area contributed by atoms with E-state index in [0.29, 0.717) is 17.8 Å². The molecule has 2 heteroatoms. The zero-order chi connectivity index (χ0) is 11.8. The Labute approximate surface area is 95.3 Å². The van der Waals surface area contributed by atoms with Crippen molar-refractivity contribution >= 4 is 0 Å². The molecule has 1 unspecified atom stereocenters. The van der Waals surface area contributed by atoms with E-state index in [9.17, 15) is 0 Å². The second-order valence-electron chi connectivity index (χ2n) is 5.39. The van der Waals surface area contributed by atoms with E-state index in [0.717, 1.165) is 19.6 Å². The van der Waals surface area contributed by atoms with E-state index in [1.165, 1.54) is 0 Å². The quantitative estimate of drug-likeness (QED) is 0.576. The van der Waals surface area contributed by atoms with Crippen molar-refractivity contribution in [3.63, 3.8) is 0 Å². The molecule has 0 rings (SSSR count). The summed E-state index contributed by atoms with van der Waals surface area (Å²) in [5.74, 6) is 1.69. The van der Waals surface area contributed by atoms with Gasteiger partial charge in [-0.15, -0.1) is 0 Å². The summed E-state index contributed by atoms with van der Waals surface area (Å²) in [6.45, 7) is 14.6. The fourth-order valence-electron chi connectivity index (χ4n) is 1.14. The molecule has 0 N–H and O–H groups in total. The van der Waals surface area contributed by atoms with Crippen molar-refractivity contribution < 1.29 is 9.47 Å². The maximum atomic E-state index is 5.74. The third-order valence-corrected chi connectivity index (χ3v) is 2.12. The van der Waals surface area contributed by atoms with Gasteiger partial charge in [-0.2, -0.15) is 0 Å². The molecule has 2 nitrogen and oxygen atoms in total. The monoisotopic (exact) mass is 216 g/mol. The first kappa shape index (κ1) is 14.9. The molecule has 0 amide bonds. The Morgan fingerprint density at radius 2 is 1.40 bits per heavy atom. The lowest BCUT2D eigenvalue weighted by atomic mass is 10.1. The summed E-state index contributed by atoms with van der Waals surface area (Å²) in [5.41, 5.74) is 0. The Balaban J connectivity index is 3.73. The Morgan fingerprint density at radius 3 is 1.80 bits per heavy atom. The van der Waals surface area contributed by atoms with Crippen LogP contribution < -0.4 is 0 Å². The van der Waals surface area contributed by atoms with E-state index >= 15 is 0 Å². The minimum absolute atomic E-state index is 0.0360. The van der Waals surface area contributed by atoms with Gasteiger partial charge in [0.05, 0.1) is 6.61 Å². The van der Waals surface area contributed by atoms with E-state index in [1.807, 2.05) is 0 Å². The first-order valence-corrected chi connectivity index (χ1v) is 6.16. The topological polar surface area (TPSA) is 18.5 Å². The second kappa shape index (κ2) is 8.12. The highest BCUT2D eigenvalue weighted by Gasteiger charge is 2.14. The largest absolute Gasteiger partial charge is 0.352 e. The van der Waals surface area contributed by atoms with Gasteiger partial charge in [-0.1, -0.05) is 41.5 Å². The maximum Gasteiger partial charge on any atom is 0.159 e. The first-order valence-electron chi connectivity index (χ1n) is 6.16. The van der Waals surface area contributed by atoms with E-state index < -0.39 is 0 Å². The van der Waals surface area contributed by atoms with Gasteiger partial charge >= 0.3 is 0 Å². The van der Waals surface area contributed by atoms with Crippen LogP contribution in [0, 0.1) is 17.8 Å². The van der Waals surface area contributed by atoms with Crippen LogP contribution in [-0.4, -0.2) is 19.5 Å². The highest BCUT2D eigenvalue weighted by molar-refractivity contribution is 4.53. The van der Waals surface area contributed by atoms with Gasteiger partial charge in [0.1, 0.15) is 0 Å². The van der Waals surface area contributed by atoms with Crippen molar-refractivity contribution in [1.29, 1.82) is 0 Å². The van der Waals surface area contributed by atoms with Gasteiger partial charge in [0, 0.05) is 12.5 Å². The summed E-state index contributed by atoms with van der Waals surface area (Å²) in [4.78, 5) is 0. The van der Waals surface area contributed by atoms with Crippen LogP contribution in [0.4, 0.5) is 0 Å². The van der Waals surface area contributed by atoms with Gasteiger partial charge in [-0.3, -0.25) is 0 Å². The first-order chi connectivity index (χ1) is 6.93. The van der Waals surface area contributed by atoms with Crippen molar-refractivity contribution in [2.45, 2.75) is 54.3 Å². The molecule has 0 aliphatic carbocycles. The van der Waals surface area contributed by atoms with Crippen molar-refractivity contribution in [2.75, 3.05) is 13.2 Å². The molecule has 0 spiro atoms. The highest BCUT2D eigenvalue weighted by atomic mass is 16.7. The molecule has 0 aromatic carbocycles. The molecule has 15 heavy (non-hydrogen) atoms. The highest BCUT2D eigenvalue weighted by Crippen LogP contribution is 2.11. The lowest BCUT2D eigenvalue weighted by molar-refractivity contribution is -0.172. The summed E-state index contributed by atoms with van der Waals surface area (Å²) in [6.07, 6.45) is 1.07. The van der Waals surface area contributed by atoms with Crippen LogP contribution in [0.1, 0.15) is 48.0 Å². The third kappa shape index (κ3) is 8.88. The van der Waals surface area contributed by atoms with Crippen molar-refractivity contribution in [3.05, 3.63) is 0 Å². The minimum Gasteiger partial charge on any atom is -0.352 e. The number of hydrogen-bond donors (Lipinski definition) is 0. The Hall–Kier alpha value is -0.0800. The normalized spacial score (nSPS) is 14.2. The van der Waals surface area contributed by atoms with Gasteiger partial charge < -0.3 is 9.47 Å². The zero-order valence-corrected chi connectivity index (χ0v) is 11.2. The lowest BCUT2D eigenvalue weighted by Gasteiger charge is -2.23. The summed E-state index contributed by atoms with van der Waals surface area (Å²) in [7, 11) is 0. The van der Waals surface area contributed by atoms with Crippen LogP contribution >= 0.6 is 0 Å². The van der Waals surface area contributed by atoms with Crippen LogP contribution in [0.2, 0.25) is 0 Å². The number of rotatable bonds is 8. The average Bonchev–Trinajstić information content (AvgIpc) is 2.09. The van der Waals surface area contributed by atoms with Crippen LogP contribution in [0.3, 0.4) is 0 Å². The fraction of sp³-hybridized carbons (Fsp3) is 1.00. The molecule has 0 bridgehead atoms. The van der Waals surface area contributed by atoms with Gasteiger partial charge in [-0.05, 0) is 18.3 Å². The predicted molar refractivity (Wildman–Crippen MR) is 64.8 cm³/mol. The van der Waals surface area contributed by atoms with Crippen molar-refractivity contribution in [2.24, 2.45) is 17.8 Å². The van der Waals surface area contributed by atoms with Gasteiger partial charge in [-0.25, -0.2) is 0 Å².